The van der Waals surface area contributed by atoms with E-state index in [0.717, 1.165) is 71.4 Å². The molecule has 0 radical (unpaired) electrons. The van der Waals surface area contributed by atoms with Crippen LogP contribution in [0.1, 0.15) is 80.0 Å². The Balaban J connectivity index is 1.00. The number of fused-ring (bicyclic) bond motifs is 2. The fourth-order valence-corrected chi connectivity index (χ4v) is 7.44. The maximum atomic E-state index is 13.7. The largest absolute Gasteiger partial charge is 0.379 e. The number of carbonyl (C=O) groups is 3. The topological polar surface area (TPSA) is 185 Å². The SMILES string of the molecule is CCn1nc(C)c(CCCCCn2nc(C)cc2C(=O)Nc2nc3cc(C(N)=O)cc(CN4CCOCC4)c3n2C)c1C(=O)Nc1nc2ccccc2n1C. The van der Waals surface area contributed by atoms with Gasteiger partial charge in [-0.3, -0.25) is 39.3 Å². The maximum absolute atomic E-state index is 13.7. The minimum Gasteiger partial charge on any atom is -0.379 e. The van der Waals surface area contributed by atoms with Crippen molar-refractivity contribution in [1.82, 2.24) is 43.6 Å². The Hall–Kier alpha value is -5.87. The lowest BCUT2D eigenvalue weighted by molar-refractivity contribution is 0.0343. The van der Waals surface area contributed by atoms with Crippen LogP contribution in [-0.4, -0.2) is 87.6 Å². The molecular weight excluding hydrogens is 701 g/mol. The van der Waals surface area contributed by atoms with Crippen molar-refractivity contribution in [2.75, 3.05) is 36.9 Å². The third kappa shape index (κ3) is 7.73. The number of hydrogen-bond acceptors (Lipinski definition) is 9. The second-order valence-corrected chi connectivity index (χ2v) is 14.1. The molecule has 288 valence electrons. The van der Waals surface area contributed by atoms with Crippen LogP contribution in [0.25, 0.3) is 22.1 Å². The van der Waals surface area contributed by atoms with Gasteiger partial charge >= 0.3 is 0 Å². The predicted octanol–water partition coefficient (Wildman–Crippen LogP) is 4.34. The molecule has 6 aromatic rings. The Morgan fingerprint density at radius 3 is 2.33 bits per heavy atom. The lowest BCUT2D eigenvalue weighted by Gasteiger charge is -2.27. The summed E-state index contributed by atoms with van der Waals surface area (Å²) < 4.78 is 12.7. The van der Waals surface area contributed by atoms with Crippen LogP contribution >= 0.6 is 0 Å². The lowest BCUT2D eigenvalue weighted by atomic mass is 10.0. The second kappa shape index (κ2) is 15.8. The van der Waals surface area contributed by atoms with E-state index < -0.39 is 5.91 Å². The number of benzene rings is 2. The number of hydrogen-bond donors (Lipinski definition) is 3. The zero-order valence-electron chi connectivity index (χ0n) is 32.1. The number of unbranched alkanes of at least 4 members (excludes halogenated alkanes) is 2. The van der Waals surface area contributed by atoms with Crippen molar-refractivity contribution in [2.45, 2.75) is 66.1 Å². The van der Waals surface area contributed by atoms with Gasteiger partial charge in [0.15, 0.2) is 0 Å². The molecule has 7 rings (SSSR count). The molecule has 0 unspecified atom stereocenters. The van der Waals surface area contributed by atoms with Crippen LogP contribution in [0.15, 0.2) is 42.5 Å². The summed E-state index contributed by atoms with van der Waals surface area (Å²) in [6.07, 6.45) is 3.13. The van der Waals surface area contributed by atoms with Gasteiger partial charge in [-0.1, -0.05) is 18.6 Å². The summed E-state index contributed by atoms with van der Waals surface area (Å²) in [5.41, 5.74) is 13.6. The molecule has 1 saturated heterocycles. The first-order valence-corrected chi connectivity index (χ1v) is 18.8. The van der Waals surface area contributed by atoms with Crippen LogP contribution in [0, 0.1) is 13.8 Å². The van der Waals surface area contributed by atoms with Crippen molar-refractivity contribution in [1.29, 1.82) is 0 Å². The molecule has 3 amide bonds. The zero-order chi connectivity index (χ0) is 38.8. The summed E-state index contributed by atoms with van der Waals surface area (Å²) >= 11 is 0. The van der Waals surface area contributed by atoms with Crippen LogP contribution in [0.5, 0.6) is 0 Å². The highest BCUT2D eigenvalue weighted by molar-refractivity contribution is 6.05. The fraction of sp³-hybridized carbons (Fsp3) is 0.410. The van der Waals surface area contributed by atoms with Crippen LogP contribution in [0.2, 0.25) is 0 Å². The molecule has 1 aliphatic heterocycles. The van der Waals surface area contributed by atoms with E-state index in [-0.39, 0.29) is 11.8 Å². The Kier molecular flexibility index (Phi) is 10.8. The number of nitrogens with one attached hydrogen (secondary N) is 2. The van der Waals surface area contributed by atoms with Gasteiger partial charge in [-0.05, 0) is 75.9 Å². The summed E-state index contributed by atoms with van der Waals surface area (Å²) in [4.78, 5) is 51.2. The van der Waals surface area contributed by atoms with E-state index in [4.69, 9.17) is 15.5 Å². The number of rotatable bonds is 14. The van der Waals surface area contributed by atoms with Crippen molar-refractivity contribution in [2.24, 2.45) is 19.8 Å². The monoisotopic (exact) mass is 748 g/mol. The van der Waals surface area contributed by atoms with Gasteiger partial charge in [0.05, 0.1) is 46.7 Å². The van der Waals surface area contributed by atoms with E-state index in [0.29, 0.717) is 73.6 Å². The standard InChI is InChI=1S/C39H48N12O4/c1-6-50-34(37(54)44-38-41-29-13-9-10-14-31(29)47(38)4)28(25(3)46-50)12-8-7-11-15-51-32(20-24(2)45-51)36(53)43-39-42-30-22-26(35(40)52)21-27(33(30)48(39)5)23-49-16-18-55-19-17-49/h9-10,13-14,20-22H,6-8,11-12,15-19,23H2,1-5H3,(H2,40,52)(H,41,44,54)(H,42,43,53). The number of primary amides is 1. The molecule has 0 bridgehead atoms. The van der Waals surface area contributed by atoms with Crippen molar-refractivity contribution < 1.29 is 19.1 Å². The van der Waals surface area contributed by atoms with Gasteiger partial charge in [-0.2, -0.15) is 10.2 Å². The molecule has 0 aliphatic carbocycles. The molecule has 16 nitrogen and oxygen atoms in total. The highest BCUT2D eigenvalue weighted by Gasteiger charge is 2.24. The minimum absolute atomic E-state index is 0.235. The number of ether oxygens (including phenoxy) is 1. The van der Waals surface area contributed by atoms with Crippen molar-refractivity contribution >= 4 is 51.7 Å². The van der Waals surface area contributed by atoms with Gasteiger partial charge in [0, 0.05) is 57.9 Å². The first kappa shape index (κ1) is 37.4. The van der Waals surface area contributed by atoms with Gasteiger partial charge in [0.1, 0.15) is 11.4 Å². The number of carbonyl (C=O) groups excluding carboxylic acids is 3. The van der Waals surface area contributed by atoms with E-state index in [2.05, 4.69) is 30.7 Å². The molecule has 4 N–H and O–H groups in total. The first-order valence-electron chi connectivity index (χ1n) is 18.8. The van der Waals surface area contributed by atoms with Crippen molar-refractivity contribution in [3.8, 4) is 0 Å². The van der Waals surface area contributed by atoms with E-state index in [1.54, 1.807) is 21.5 Å². The van der Waals surface area contributed by atoms with Crippen molar-refractivity contribution in [3.63, 3.8) is 0 Å². The number of anilines is 2. The molecule has 4 aromatic heterocycles. The molecule has 16 heteroatoms. The molecule has 0 saturated carbocycles. The Labute approximate surface area is 318 Å². The number of aryl methyl sites for hydroxylation is 6. The molecule has 1 aliphatic rings. The highest BCUT2D eigenvalue weighted by Crippen LogP contribution is 2.27. The summed E-state index contributed by atoms with van der Waals surface area (Å²) in [7, 11) is 3.73. The van der Waals surface area contributed by atoms with Crippen LogP contribution in [0.3, 0.4) is 0 Å². The summed E-state index contributed by atoms with van der Waals surface area (Å²) in [5.74, 6) is -0.264. The van der Waals surface area contributed by atoms with Crippen LogP contribution in [0.4, 0.5) is 11.9 Å². The number of aromatic nitrogens is 8. The number of nitrogens with two attached hydrogens (primary N) is 1. The summed E-state index contributed by atoms with van der Waals surface area (Å²) in [6, 6.07) is 13.0. The lowest BCUT2D eigenvalue weighted by Crippen LogP contribution is -2.35. The summed E-state index contributed by atoms with van der Waals surface area (Å²) in [6.45, 7) is 10.3. The average Bonchev–Trinajstić information content (AvgIpc) is 3.90. The molecule has 0 atom stereocenters. The van der Waals surface area contributed by atoms with E-state index >= 15 is 0 Å². The van der Waals surface area contributed by atoms with E-state index in [1.165, 1.54) is 0 Å². The van der Waals surface area contributed by atoms with Gasteiger partial charge in [-0.25, -0.2) is 9.97 Å². The quantitative estimate of drug-likeness (QED) is 0.136. The van der Waals surface area contributed by atoms with Gasteiger partial charge in [0.25, 0.3) is 11.8 Å². The van der Waals surface area contributed by atoms with Crippen molar-refractivity contribution in [3.05, 3.63) is 81.9 Å². The predicted molar refractivity (Wildman–Crippen MR) is 209 cm³/mol. The molecule has 55 heavy (non-hydrogen) atoms. The Bertz CT molecular complexity index is 2390. The maximum Gasteiger partial charge on any atom is 0.276 e. The smallest absolute Gasteiger partial charge is 0.276 e. The van der Waals surface area contributed by atoms with Gasteiger partial charge in [-0.15, -0.1) is 0 Å². The van der Waals surface area contributed by atoms with E-state index in [1.807, 2.05) is 74.3 Å². The van der Waals surface area contributed by atoms with Gasteiger partial charge < -0.3 is 19.6 Å². The third-order valence-corrected chi connectivity index (χ3v) is 10.3. The molecule has 5 heterocycles. The van der Waals surface area contributed by atoms with E-state index in [9.17, 15) is 14.4 Å². The Morgan fingerprint density at radius 1 is 0.855 bits per heavy atom. The zero-order valence-corrected chi connectivity index (χ0v) is 32.1. The van der Waals surface area contributed by atoms with Gasteiger partial charge in [0.2, 0.25) is 17.8 Å². The number of amides is 3. The highest BCUT2D eigenvalue weighted by atomic mass is 16.5. The number of para-hydroxylation sites is 2. The van der Waals surface area contributed by atoms with Crippen LogP contribution < -0.4 is 16.4 Å². The Morgan fingerprint density at radius 2 is 1.58 bits per heavy atom. The number of nitrogens with zero attached hydrogens (tertiary/aromatic N) is 9. The average molecular weight is 749 g/mol. The number of imidazole rings is 2. The normalized spacial score (nSPS) is 13.5. The second-order valence-electron chi connectivity index (χ2n) is 14.1. The molecule has 0 spiro atoms. The first-order chi connectivity index (χ1) is 26.5. The van der Waals surface area contributed by atoms with Crippen LogP contribution in [-0.2, 0) is 44.9 Å². The molecular formula is C39H48N12O4. The fourth-order valence-electron chi connectivity index (χ4n) is 7.44. The third-order valence-electron chi connectivity index (χ3n) is 10.3. The number of morpholine rings is 1. The molecule has 2 aromatic carbocycles. The minimum atomic E-state index is -0.535. The summed E-state index contributed by atoms with van der Waals surface area (Å²) in [5, 5.41) is 15.3. The molecule has 1 fully saturated rings.